The molecule has 120 valence electrons. The zero-order valence-corrected chi connectivity index (χ0v) is 12.9. The van der Waals surface area contributed by atoms with E-state index in [9.17, 15) is 14.9 Å². The van der Waals surface area contributed by atoms with Crippen molar-refractivity contribution in [2.24, 2.45) is 0 Å². The Bertz CT molecular complexity index is 892. The molecular weight excluding hydrogens is 332 g/mol. The van der Waals surface area contributed by atoms with Gasteiger partial charge in [-0.25, -0.2) is 4.98 Å². The number of aromatic nitrogens is 2. The molecule has 3 aromatic rings. The number of nitrogens with zero attached hydrogens (tertiary/aromatic N) is 2. The molecule has 0 atom stereocenters. The lowest BCUT2D eigenvalue weighted by Gasteiger charge is -2.07. The second-order valence-corrected chi connectivity index (χ2v) is 5.32. The Morgan fingerprint density at radius 1 is 1.21 bits per heavy atom. The number of rotatable bonds is 4. The van der Waals surface area contributed by atoms with Crippen molar-refractivity contribution < 1.29 is 9.72 Å². The number of amides is 1. The van der Waals surface area contributed by atoms with Crippen LogP contribution < -0.4 is 5.32 Å². The van der Waals surface area contributed by atoms with Crippen LogP contribution in [0.15, 0.2) is 54.9 Å². The molecule has 3 rings (SSSR count). The summed E-state index contributed by atoms with van der Waals surface area (Å²) >= 11 is 5.75. The Morgan fingerprint density at radius 2 is 1.96 bits per heavy atom. The highest BCUT2D eigenvalue weighted by atomic mass is 35.5. The van der Waals surface area contributed by atoms with Gasteiger partial charge in [0.25, 0.3) is 11.6 Å². The molecule has 0 fully saturated rings. The van der Waals surface area contributed by atoms with E-state index in [2.05, 4.69) is 15.3 Å². The summed E-state index contributed by atoms with van der Waals surface area (Å²) in [6, 6.07) is 10.9. The van der Waals surface area contributed by atoms with Gasteiger partial charge in [0.15, 0.2) is 0 Å². The lowest BCUT2D eigenvalue weighted by molar-refractivity contribution is -0.385. The van der Waals surface area contributed by atoms with Crippen LogP contribution in [0.1, 0.15) is 10.4 Å². The number of nitro groups is 1. The van der Waals surface area contributed by atoms with E-state index < -0.39 is 10.8 Å². The number of anilines is 1. The van der Waals surface area contributed by atoms with Crippen molar-refractivity contribution in [1.82, 2.24) is 9.97 Å². The van der Waals surface area contributed by atoms with Crippen LogP contribution in [0, 0.1) is 10.1 Å². The van der Waals surface area contributed by atoms with Crippen LogP contribution in [0.5, 0.6) is 0 Å². The van der Waals surface area contributed by atoms with Crippen LogP contribution in [0.3, 0.4) is 0 Å². The zero-order chi connectivity index (χ0) is 17.1. The second-order valence-electron chi connectivity index (χ2n) is 4.89. The Kier molecular flexibility index (Phi) is 4.26. The number of halogens is 1. The number of nitro benzene ring substituents is 1. The summed E-state index contributed by atoms with van der Waals surface area (Å²) in [7, 11) is 0. The molecule has 0 bridgehead atoms. The molecule has 0 aliphatic heterocycles. The lowest BCUT2D eigenvalue weighted by Crippen LogP contribution is -2.13. The van der Waals surface area contributed by atoms with E-state index in [4.69, 9.17) is 11.6 Å². The predicted octanol–water partition coefficient (Wildman–Crippen LogP) is 3.89. The molecule has 0 saturated heterocycles. The maximum Gasteiger partial charge on any atom is 0.283 e. The first-order valence-electron chi connectivity index (χ1n) is 6.90. The Morgan fingerprint density at radius 3 is 2.58 bits per heavy atom. The highest BCUT2D eigenvalue weighted by Gasteiger charge is 2.20. The zero-order valence-electron chi connectivity index (χ0n) is 12.2. The minimum Gasteiger partial charge on any atom is -0.345 e. The molecule has 1 heterocycles. The molecule has 0 radical (unpaired) electrons. The normalized spacial score (nSPS) is 10.4. The van der Waals surface area contributed by atoms with Crippen LogP contribution in [-0.2, 0) is 0 Å². The van der Waals surface area contributed by atoms with Gasteiger partial charge in [-0.15, -0.1) is 0 Å². The van der Waals surface area contributed by atoms with Crippen molar-refractivity contribution in [2.75, 3.05) is 5.32 Å². The third kappa shape index (κ3) is 3.26. The van der Waals surface area contributed by atoms with Crippen LogP contribution in [0.25, 0.3) is 11.4 Å². The summed E-state index contributed by atoms with van der Waals surface area (Å²) in [6.45, 7) is 0. The fourth-order valence-electron chi connectivity index (χ4n) is 2.18. The van der Waals surface area contributed by atoms with Crippen molar-refractivity contribution in [2.45, 2.75) is 0 Å². The Labute approximate surface area is 141 Å². The molecule has 0 spiro atoms. The van der Waals surface area contributed by atoms with E-state index in [0.29, 0.717) is 11.5 Å². The first-order chi connectivity index (χ1) is 11.5. The van der Waals surface area contributed by atoms with Crippen LogP contribution in [0.4, 0.5) is 11.4 Å². The Balaban J connectivity index is 1.81. The molecule has 8 heteroatoms. The highest BCUT2D eigenvalue weighted by molar-refractivity contribution is 6.31. The number of H-pyrrole nitrogens is 1. The molecule has 0 aliphatic carbocycles. The van der Waals surface area contributed by atoms with Gasteiger partial charge >= 0.3 is 0 Å². The summed E-state index contributed by atoms with van der Waals surface area (Å²) < 4.78 is 0. The molecule has 2 N–H and O–H groups in total. The van der Waals surface area contributed by atoms with Crippen molar-refractivity contribution in [3.8, 4) is 11.4 Å². The molecule has 1 amide bonds. The van der Waals surface area contributed by atoms with Gasteiger partial charge in [0, 0.05) is 34.7 Å². The molecule has 1 aromatic heterocycles. The number of carbonyl (C=O) groups excluding carboxylic acids is 1. The second kappa shape index (κ2) is 6.51. The quantitative estimate of drug-likeness (QED) is 0.554. The number of imidazole rings is 1. The van der Waals surface area contributed by atoms with Gasteiger partial charge in [-0.3, -0.25) is 14.9 Å². The molecule has 0 aliphatic rings. The lowest BCUT2D eigenvalue weighted by atomic mass is 10.1. The molecular formula is C16H11ClN4O3. The molecule has 7 nitrogen and oxygen atoms in total. The molecule has 0 saturated carbocycles. The summed E-state index contributed by atoms with van der Waals surface area (Å²) in [6.07, 6.45) is 3.36. The molecule has 0 unspecified atom stereocenters. The number of nitrogens with one attached hydrogen (secondary N) is 2. The van der Waals surface area contributed by atoms with Gasteiger partial charge in [0.1, 0.15) is 11.4 Å². The van der Waals surface area contributed by atoms with Gasteiger partial charge < -0.3 is 10.3 Å². The Hall–Kier alpha value is -3.19. The van der Waals surface area contributed by atoms with E-state index >= 15 is 0 Å². The van der Waals surface area contributed by atoms with Crippen LogP contribution in [-0.4, -0.2) is 20.8 Å². The van der Waals surface area contributed by atoms with Gasteiger partial charge in [-0.05, 0) is 36.4 Å². The van der Waals surface area contributed by atoms with Gasteiger partial charge in [-0.1, -0.05) is 11.6 Å². The third-order valence-corrected chi connectivity index (χ3v) is 3.55. The van der Waals surface area contributed by atoms with Crippen LogP contribution >= 0.6 is 11.6 Å². The maximum atomic E-state index is 12.3. The summed E-state index contributed by atoms with van der Waals surface area (Å²) in [5.41, 5.74) is 0.974. The van der Waals surface area contributed by atoms with Crippen LogP contribution in [0.2, 0.25) is 5.02 Å². The SMILES string of the molecule is O=C(Nc1ccc(-c2ncc[nH]2)cc1)c1ccc(Cl)cc1[N+](=O)[O-]. The average molecular weight is 343 g/mol. The smallest absolute Gasteiger partial charge is 0.283 e. The van der Waals surface area contributed by atoms with E-state index in [1.807, 2.05) is 0 Å². The van der Waals surface area contributed by atoms with E-state index in [1.165, 1.54) is 12.1 Å². The summed E-state index contributed by atoms with van der Waals surface area (Å²) in [5, 5.41) is 13.9. The number of hydrogen-bond acceptors (Lipinski definition) is 4. The molecule has 24 heavy (non-hydrogen) atoms. The van der Waals surface area contributed by atoms with Crippen molar-refractivity contribution in [3.05, 3.63) is 75.6 Å². The van der Waals surface area contributed by atoms with Gasteiger partial charge in [-0.2, -0.15) is 0 Å². The van der Waals surface area contributed by atoms with Crippen molar-refractivity contribution >= 4 is 28.9 Å². The fourth-order valence-corrected chi connectivity index (χ4v) is 2.35. The van der Waals surface area contributed by atoms with Gasteiger partial charge in [0.2, 0.25) is 0 Å². The van der Waals surface area contributed by atoms with E-state index in [-0.39, 0.29) is 16.3 Å². The summed E-state index contributed by atoms with van der Waals surface area (Å²) in [5.74, 6) is 0.130. The first kappa shape index (κ1) is 15.7. The van der Waals surface area contributed by atoms with E-state index in [1.54, 1.807) is 36.7 Å². The summed E-state index contributed by atoms with van der Waals surface area (Å²) in [4.78, 5) is 29.8. The molecule has 2 aromatic carbocycles. The minimum atomic E-state index is -0.638. The largest absolute Gasteiger partial charge is 0.345 e. The minimum absolute atomic E-state index is 0.0560. The maximum absolute atomic E-state index is 12.3. The monoisotopic (exact) mass is 342 g/mol. The predicted molar refractivity (Wildman–Crippen MR) is 90.1 cm³/mol. The van der Waals surface area contributed by atoms with Crippen molar-refractivity contribution in [3.63, 3.8) is 0 Å². The first-order valence-corrected chi connectivity index (χ1v) is 7.27. The number of aromatic amines is 1. The number of benzene rings is 2. The fraction of sp³-hybridized carbons (Fsp3) is 0. The highest BCUT2D eigenvalue weighted by Crippen LogP contribution is 2.24. The number of carbonyl (C=O) groups is 1. The van der Waals surface area contributed by atoms with E-state index in [0.717, 1.165) is 11.6 Å². The van der Waals surface area contributed by atoms with Crippen molar-refractivity contribution in [1.29, 1.82) is 0 Å². The third-order valence-electron chi connectivity index (χ3n) is 3.32. The topological polar surface area (TPSA) is 101 Å². The van der Waals surface area contributed by atoms with Gasteiger partial charge in [0.05, 0.1) is 4.92 Å². The number of hydrogen-bond donors (Lipinski definition) is 2. The average Bonchev–Trinajstić information content (AvgIpc) is 3.09. The standard InChI is InChI=1S/C16H11ClN4O3/c17-11-3-6-13(14(9-11)21(23)24)16(22)20-12-4-1-10(2-5-12)15-18-7-8-19-15/h1-9H,(H,18,19)(H,20,22).